The topological polar surface area (TPSA) is 93.7 Å². The van der Waals surface area contributed by atoms with Gasteiger partial charge in [0.25, 0.3) is 0 Å². The fourth-order valence-electron chi connectivity index (χ4n) is 4.34. The van der Waals surface area contributed by atoms with Crippen molar-refractivity contribution in [3.8, 4) is 11.5 Å². The maximum absolute atomic E-state index is 13.4. The average Bonchev–Trinajstić information content (AvgIpc) is 2.86. The fourth-order valence-corrected chi connectivity index (χ4v) is 4.93. The quantitative estimate of drug-likeness (QED) is 0.285. The lowest BCUT2D eigenvalue weighted by atomic mass is 9.85. The molecule has 2 rings (SSSR count). The Kier molecular flexibility index (Phi) is 11.4. The molecule has 8 heteroatoms. The summed E-state index contributed by atoms with van der Waals surface area (Å²) in [6.45, 7) is 10.2. The van der Waals surface area contributed by atoms with Crippen LogP contribution in [0.3, 0.4) is 0 Å². The van der Waals surface area contributed by atoms with E-state index in [9.17, 15) is 13.2 Å². The molecule has 0 bridgehead atoms. The predicted octanol–water partition coefficient (Wildman–Crippen LogP) is 6.13. The van der Waals surface area contributed by atoms with Crippen LogP contribution < -0.4 is 19.5 Å². The molecule has 0 heterocycles. The molecule has 0 saturated carbocycles. The number of unbranched alkanes of at least 4 members (excludes halogenated alkanes) is 2. The summed E-state index contributed by atoms with van der Waals surface area (Å²) in [4.78, 5) is 13.4. The summed E-state index contributed by atoms with van der Waals surface area (Å²) in [6.07, 6.45) is 4.39. The number of carbonyl (C=O) groups excluding carboxylic acids is 1. The number of ether oxygens (including phenoxy) is 2. The third kappa shape index (κ3) is 9.34. The lowest BCUT2D eigenvalue weighted by Crippen LogP contribution is -2.25. The number of methoxy groups -OCH3 is 2. The number of sulfonamides is 1. The highest BCUT2D eigenvalue weighted by Gasteiger charge is 2.23. The molecule has 37 heavy (non-hydrogen) atoms. The standard InChI is InChI=1S/C29H44N2O5S/c1-8-10-11-12-22(24-15-14-23(35-6)19-27(24)36-7)18-28(32)31-26-17-21(20-30-37(33,34)9-2)13-16-25(26)29(3,4)5/h13-17,19,22,30H,8-12,18,20H2,1-7H3,(H,31,32). The van der Waals surface area contributed by atoms with E-state index in [1.54, 1.807) is 21.1 Å². The van der Waals surface area contributed by atoms with E-state index in [4.69, 9.17) is 9.47 Å². The molecular weight excluding hydrogens is 488 g/mol. The Bertz CT molecular complexity index is 1140. The molecule has 0 aliphatic heterocycles. The average molecular weight is 533 g/mol. The molecule has 0 spiro atoms. The largest absolute Gasteiger partial charge is 0.497 e. The van der Waals surface area contributed by atoms with Gasteiger partial charge in [0.15, 0.2) is 0 Å². The second-order valence-corrected chi connectivity index (χ2v) is 12.5. The fraction of sp³-hybridized carbons (Fsp3) is 0.552. The van der Waals surface area contributed by atoms with Gasteiger partial charge in [0, 0.05) is 24.7 Å². The van der Waals surface area contributed by atoms with Crippen molar-refractivity contribution in [3.63, 3.8) is 0 Å². The monoisotopic (exact) mass is 532 g/mol. The molecule has 7 nitrogen and oxygen atoms in total. The predicted molar refractivity (Wildman–Crippen MR) is 151 cm³/mol. The summed E-state index contributed by atoms with van der Waals surface area (Å²) in [5.74, 6) is 1.35. The molecule has 1 unspecified atom stereocenters. The van der Waals surface area contributed by atoms with Crippen LogP contribution in [-0.4, -0.2) is 34.3 Å². The summed E-state index contributed by atoms with van der Waals surface area (Å²) < 4.78 is 37.4. The maximum Gasteiger partial charge on any atom is 0.224 e. The second-order valence-electron chi connectivity index (χ2n) is 10.4. The van der Waals surface area contributed by atoms with Gasteiger partial charge in [0.2, 0.25) is 15.9 Å². The van der Waals surface area contributed by atoms with Crippen molar-refractivity contribution in [3.05, 3.63) is 53.1 Å². The van der Waals surface area contributed by atoms with Crippen LogP contribution in [0.4, 0.5) is 5.69 Å². The Morgan fingerprint density at radius 1 is 1.00 bits per heavy atom. The Morgan fingerprint density at radius 2 is 1.73 bits per heavy atom. The van der Waals surface area contributed by atoms with E-state index >= 15 is 0 Å². The van der Waals surface area contributed by atoms with E-state index in [0.717, 1.165) is 42.4 Å². The molecule has 1 amide bonds. The van der Waals surface area contributed by atoms with E-state index in [-0.39, 0.29) is 29.5 Å². The van der Waals surface area contributed by atoms with Crippen molar-refractivity contribution < 1.29 is 22.7 Å². The first-order chi connectivity index (χ1) is 17.4. The molecule has 2 aromatic rings. The van der Waals surface area contributed by atoms with E-state index in [0.29, 0.717) is 23.6 Å². The van der Waals surface area contributed by atoms with Gasteiger partial charge < -0.3 is 14.8 Å². The van der Waals surface area contributed by atoms with Gasteiger partial charge >= 0.3 is 0 Å². The molecule has 0 aromatic heterocycles. The molecule has 2 aromatic carbocycles. The van der Waals surface area contributed by atoms with Crippen molar-refractivity contribution in [2.45, 2.75) is 84.6 Å². The number of nitrogens with one attached hydrogen (secondary N) is 2. The molecule has 0 saturated heterocycles. The minimum atomic E-state index is -3.32. The van der Waals surface area contributed by atoms with Crippen LogP contribution in [0.2, 0.25) is 0 Å². The number of rotatable bonds is 14. The molecule has 1 atom stereocenters. The van der Waals surface area contributed by atoms with E-state index in [1.165, 1.54) is 0 Å². The number of amides is 1. The highest BCUT2D eigenvalue weighted by Crippen LogP contribution is 2.36. The van der Waals surface area contributed by atoms with E-state index in [2.05, 4.69) is 37.7 Å². The summed E-state index contributed by atoms with van der Waals surface area (Å²) in [5.41, 5.74) is 3.28. The molecule has 0 fully saturated rings. The lowest BCUT2D eigenvalue weighted by molar-refractivity contribution is -0.116. The van der Waals surface area contributed by atoms with Crippen molar-refractivity contribution in [2.75, 3.05) is 25.3 Å². The molecule has 0 aliphatic rings. The minimum Gasteiger partial charge on any atom is -0.497 e. The van der Waals surface area contributed by atoms with Crippen LogP contribution in [0.15, 0.2) is 36.4 Å². The highest BCUT2D eigenvalue weighted by molar-refractivity contribution is 7.89. The van der Waals surface area contributed by atoms with E-state index < -0.39 is 10.0 Å². The van der Waals surface area contributed by atoms with Gasteiger partial charge in [-0.3, -0.25) is 4.79 Å². The normalized spacial score (nSPS) is 12.7. The van der Waals surface area contributed by atoms with Gasteiger partial charge in [-0.2, -0.15) is 0 Å². The molecular formula is C29H44N2O5S. The van der Waals surface area contributed by atoms with Crippen molar-refractivity contribution in [2.24, 2.45) is 0 Å². The second kappa shape index (κ2) is 13.8. The van der Waals surface area contributed by atoms with Crippen LogP contribution >= 0.6 is 0 Å². The van der Waals surface area contributed by atoms with Crippen LogP contribution in [0.25, 0.3) is 0 Å². The third-order valence-electron chi connectivity index (χ3n) is 6.51. The van der Waals surface area contributed by atoms with Crippen molar-refractivity contribution in [1.82, 2.24) is 4.72 Å². The summed E-state index contributed by atoms with van der Waals surface area (Å²) in [7, 11) is -0.0656. The number of hydrogen-bond donors (Lipinski definition) is 2. The summed E-state index contributed by atoms with van der Waals surface area (Å²) in [6, 6.07) is 11.5. The zero-order chi connectivity index (χ0) is 27.6. The first-order valence-electron chi connectivity index (χ1n) is 13.1. The lowest BCUT2D eigenvalue weighted by Gasteiger charge is -2.25. The molecule has 206 valence electrons. The first-order valence-corrected chi connectivity index (χ1v) is 14.7. The van der Waals surface area contributed by atoms with Crippen molar-refractivity contribution >= 4 is 21.6 Å². The Hall–Kier alpha value is -2.58. The highest BCUT2D eigenvalue weighted by atomic mass is 32.2. The Balaban J connectivity index is 2.33. The van der Waals surface area contributed by atoms with Crippen LogP contribution in [0.5, 0.6) is 11.5 Å². The van der Waals surface area contributed by atoms with Crippen LogP contribution in [0.1, 0.15) is 89.3 Å². The van der Waals surface area contributed by atoms with Crippen LogP contribution in [-0.2, 0) is 26.8 Å². The van der Waals surface area contributed by atoms with Gasteiger partial charge in [-0.25, -0.2) is 13.1 Å². The molecule has 0 radical (unpaired) electrons. The van der Waals surface area contributed by atoms with Gasteiger partial charge in [-0.1, -0.05) is 65.2 Å². The van der Waals surface area contributed by atoms with Gasteiger partial charge in [-0.05, 0) is 53.5 Å². The van der Waals surface area contributed by atoms with Gasteiger partial charge in [-0.15, -0.1) is 0 Å². The summed E-state index contributed by atoms with van der Waals surface area (Å²) >= 11 is 0. The van der Waals surface area contributed by atoms with E-state index in [1.807, 2.05) is 36.4 Å². The Morgan fingerprint density at radius 3 is 2.32 bits per heavy atom. The zero-order valence-electron chi connectivity index (χ0n) is 23.4. The number of benzene rings is 2. The van der Waals surface area contributed by atoms with Crippen LogP contribution in [0, 0.1) is 0 Å². The first kappa shape index (κ1) is 30.6. The zero-order valence-corrected chi connectivity index (χ0v) is 24.3. The van der Waals surface area contributed by atoms with Gasteiger partial charge in [0.1, 0.15) is 11.5 Å². The smallest absolute Gasteiger partial charge is 0.224 e. The SMILES string of the molecule is CCCCCC(CC(=O)Nc1cc(CNS(=O)(=O)CC)ccc1C(C)(C)C)c1ccc(OC)cc1OC. The number of anilines is 1. The number of hydrogen-bond acceptors (Lipinski definition) is 5. The molecule has 0 aliphatic carbocycles. The molecule has 2 N–H and O–H groups in total. The number of carbonyl (C=O) groups is 1. The Labute approximate surface area is 223 Å². The third-order valence-corrected chi connectivity index (χ3v) is 7.85. The minimum absolute atomic E-state index is 0.00922. The maximum atomic E-state index is 13.4. The summed E-state index contributed by atoms with van der Waals surface area (Å²) in [5, 5.41) is 3.14. The van der Waals surface area contributed by atoms with Crippen molar-refractivity contribution in [1.29, 1.82) is 0 Å². The van der Waals surface area contributed by atoms with Gasteiger partial charge in [0.05, 0.1) is 20.0 Å².